The molecule has 0 saturated carbocycles. The molecule has 8 heteroatoms. The molecule has 0 amide bonds. The monoisotopic (exact) mass is 354 g/mol. The first-order valence-corrected chi connectivity index (χ1v) is 7.85. The number of hydrogen-bond donors (Lipinski definition) is 2. The van der Waals surface area contributed by atoms with E-state index in [4.69, 9.17) is 17.0 Å². The second-order valence-electron chi connectivity index (χ2n) is 5.43. The van der Waals surface area contributed by atoms with Gasteiger partial charge < -0.3 is 9.55 Å². The third-order valence-electron chi connectivity index (χ3n) is 3.84. The van der Waals surface area contributed by atoms with Gasteiger partial charge in [0.15, 0.2) is 11.1 Å². The van der Waals surface area contributed by atoms with Crippen molar-refractivity contribution in [2.24, 2.45) is 0 Å². The third-order valence-corrected chi connectivity index (χ3v) is 4.20. The number of halogens is 2. The number of aromatic amines is 1. The van der Waals surface area contributed by atoms with Gasteiger partial charge in [0.25, 0.3) is 0 Å². The van der Waals surface area contributed by atoms with Gasteiger partial charge in [-0.3, -0.25) is 5.41 Å². The number of nitrogens with one attached hydrogen (secondary N) is 2. The Morgan fingerprint density at radius 1 is 1.16 bits per heavy atom. The van der Waals surface area contributed by atoms with E-state index in [1.807, 2.05) is 30.3 Å². The van der Waals surface area contributed by atoms with Crippen molar-refractivity contribution in [3.63, 3.8) is 0 Å². The Hall–Kier alpha value is -3.06. The van der Waals surface area contributed by atoms with Crippen LogP contribution in [0.5, 0.6) is 0 Å². The number of benzene rings is 1. The maximum Gasteiger partial charge on any atom is 0.219 e. The zero-order valence-corrected chi connectivity index (χ0v) is 13.6. The molecule has 1 aromatic carbocycles. The fourth-order valence-corrected chi connectivity index (χ4v) is 2.78. The summed E-state index contributed by atoms with van der Waals surface area (Å²) in [4.78, 5) is 15.4. The van der Waals surface area contributed by atoms with Crippen LogP contribution in [0.3, 0.4) is 0 Å². The molecule has 0 bridgehead atoms. The molecule has 124 valence electrons. The molecular weight excluding hydrogens is 343 g/mol. The van der Waals surface area contributed by atoms with E-state index in [1.54, 1.807) is 4.57 Å². The average Bonchev–Trinajstić information content (AvgIpc) is 3.07. The highest BCUT2D eigenvalue weighted by molar-refractivity contribution is 6.31. The lowest BCUT2D eigenvalue weighted by molar-refractivity contribution is 0.559. The maximum atomic E-state index is 14.0. The Morgan fingerprint density at radius 2 is 1.96 bits per heavy atom. The van der Waals surface area contributed by atoms with E-state index in [9.17, 15) is 4.39 Å². The summed E-state index contributed by atoms with van der Waals surface area (Å²) < 4.78 is 15.6. The van der Waals surface area contributed by atoms with Crippen molar-refractivity contribution in [3.8, 4) is 11.4 Å². The van der Waals surface area contributed by atoms with Crippen LogP contribution in [0.4, 0.5) is 4.39 Å². The fourth-order valence-electron chi connectivity index (χ4n) is 2.59. The summed E-state index contributed by atoms with van der Waals surface area (Å²) in [6.45, 7) is 0.112. The molecule has 25 heavy (non-hydrogen) atoms. The molecule has 4 rings (SSSR count). The minimum atomic E-state index is -0.637. The van der Waals surface area contributed by atoms with Gasteiger partial charge in [0, 0.05) is 17.3 Å². The van der Waals surface area contributed by atoms with Gasteiger partial charge in [0.2, 0.25) is 5.95 Å². The Kier molecular flexibility index (Phi) is 3.77. The summed E-state index contributed by atoms with van der Waals surface area (Å²) in [6.07, 6.45) is 2.76. The zero-order chi connectivity index (χ0) is 17.4. The number of aromatic nitrogens is 5. The number of pyridine rings is 1. The molecule has 0 aliphatic heterocycles. The smallest absolute Gasteiger partial charge is 0.219 e. The molecule has 0 aliphatic carbocycles. The van der Waals surface area contributed by atoms with Crippen LogP contribution in [0.2, 0.25) is 5.02 Å². The molecule has 0 atom stereocenters. The molecule has 6 nitrogen and oxygen atoms in total. The van der Waals surface area contributed by atoms with Gasteiger partial charge in [-0.25, -0.2) is 15.0 Å². The second-order valence-corrected chi connectivity index (χ2v) is 5.84. The molecule has 0 radical (unpaired) electrons. The first kappa shape index (κ1) is 15.5. The van der Waals surface area contributed by atoms with E-state index in [0.29, 0.717) is 17.0 Å². The summed E-state index contributed by atoms with van der Waals surface area (Å²) in [5.74, 6) is -0.0227. The van der Waals surface area contributed by atoms with Gasteiger partial charge in [-0.05, 0) is 6.07 Å². The van der Waals surface area contributed by atoms with E-state index in [2.05, 4.69) is 19.9 Å². The molecule has 0 fully saturated rings. The molecule has 0 saturated heterocycles. The Morgan fingerprint density at radius 3 is 2.72 bits per heavy atom. The lowest BCUT2D eigenvalue weighted by Crippen LogP contribution is -2.14. The number of rotatable bonds is 3. The number of fused-ring (bicyclic) bond motifs is 1. The summed E-state index contributed by atoms with van der Waals surface area (Å²) in [5, 5.41) is 8.27. The standard InChI is InChI=1S/C17H12ClFN6/c18-12-6-7-21-14(19)11(12)8-25-9-22-15(20)13-17(25)24-16(23-13)10-4-2-1-3-5-10/h1-7,9,20H,8H2,(H,23,24). The van der Waals surface area contributed by atoms with Crippen molar-refractivity contribution in [2.75, 3.05) is 0 Å². The van der Waals surface area contributed by atoms with Crippen molar-refractivity contribution in [1.82, 2.24) is 24.5 Å². The number of nitrogens with zero attached hydrogens (tertiary/aromatic N) is 4. The van der Waals surface area contributed by atoms with E-state index >= 15 is 0 Å². The van der Waals surface area contributed by atoms with Crippen LogP contribution in [0.1, 0.15) is 5.56 Å². The van der Waals surface area contributed by atoms with Gasteiger partial charge in [-0.2, -0.15) is 4.39 Å². The minimum Gasteiger partial charge on any atom is -0.334 e. The first-order valence-electron chi connectivity index (χ1n) is 7.47. The molecule has 3 heterocycles. The summed E-state index contributed by atoms with van der Waals surface area (Å²) in [5.41, 5.74) is 2.17. The Balaban J connectivity index is 1.87. The minimum absolute atomic E-state index is 0.0682. The van der Waals surface area contributed by atoms with Crippen LogP contribution in [0, 0.1) is 11.4 Å². The fraction of sp³-hybridized carbons (Fsp3) is 0.0588. The molecule has 2 N–H and O–H groups in total. The quantitative estimate of drug-likeness (QED) is 0.554. The van der Waals surface area contributed by atoms with Crippen LogP contribution in [-0.4, -0.2) is 24.5 Å². The van der Waals surface area contributed by atoms with Gasteiger partial charge in [-0.15, -0.1) is 0 Å². The van der Waals surface area contributed by atoms with Crippen molar-refractivity contribution < 1.29 is 4.39 Å². The van der Waals surface area contributed by atoms with Crippen LogP contribution >= 0.6 is 11.6 Å². The zero-order valence-electron chi connectivity index (χ0n) is 12.9. The number of imidazole rings is 1. The SMILES string of the molecule is N=c1ncn(Cc2c(Cl)ccnc2F)c2nc(-c3ccccc3)[nH]c12. The second kappa shape index (κ2) is 6.10. The van der Waals surface area contributed by atoms with Crippen LogP contribution in [0.25, 0.3) is 22.6 Å². The topological polar surface area (TPSA) is 83.2 Å². The van der Waals surface area contributed by atoms with Crippen LogP contribution in [0.15, 0.2) is 48.9 Å². The highest BCUT2D eigenvalue weighted by Crippen LogP contribution is 2.21. The molecule has 0 unspecified atom stereocenters. The lowest BCUT2D eigenvalue weighted by Gasteiger charge is -2.08. The average molecular weight is 355 g/mol. The molecule has 0 spiro atoms. The van der Waals surface area contributed by atoms with Crippen molar-refractivity contribution in [2.45, 2.75) is 6.54 Å². The number of H-pyrrole nitrogens is 1. The first-order chi connectivity index (χ1) is 12.1. The highest BCUT2D eigenvalue weighted by Gasteiger charge is 2.14. The molecule has 3 aromatic heterocycles. The van der Waals surface area contributed by atoms with Crippen LogP contribution < -0.4 is 5.49 Å². The van der Waals surface area contributed by atoms with E-state index in [0.717, 1.165) is 5.56 Å². The van der Waals surface area contributed by atoms with Gasteiger partial charge in [0.05, 0.1) is 17.9 Å². The van der Waals surface area contributed by atoms with E-state index < -0.39 is 5.95 Å². The summed E-state index contributed by atoms with van der Waals surface area (Å²) >= 11 is 6.08. The number of hydrogen-bond acceptors (Lipinski definition) is 4. The summed E-state index contributed by atoms with van der Waals surface area (Å²) in [7, 11) is 0. The molecule has 4 aromatic rings. The van der Waals surface area contributed by atoms with Crippen molar-refractivity contribution in [1.29, 1.82) is 5.41 Å². The van der Waals surface area contributed by atoms with Gasteiger partial charge >= 0.3 is 0 Å². The normalized spacial score (nSPS) is 11.1. The Labute approximate surface area is 146 Å². The Bertz CT molecular complexity index is 1100. The lowest BCUT2D eigenvalue weighted by atomic mass is 10.2. The van der Waals surface area contributed by atoms with Crippen LogP contribution in [-0.2, 0) is 6.54 Å². The molecular formula is C17H12ClFN6. The highest BCUT2D eigenvalue weighted by atomic mass is 35.5. The maximum absolute atomic E-state index is 14.0. The van der Waals surface area contributed by atoms with Gasteiger partial charge in [-0.1, -0.05) is 41.9 Å². The van der Waals surface area contributed by atoms with E-state index in [-0.39, 0.29) is 22.6 Å². The predicted octanol–water partition coefficient (Wildman–Crippen LogP) is 3.14. The van der Waals surface area contributed by atoms with Crippen molar-refractivity contribution in [3.05, 3.63) is 70.9 Å². The van der Waals surface area contributed by atoms with Crippen molar-refractivity contribution >= 4 is 22.8 Å². The molecule has 0 aliphatic rings. The van der Waals surface area contributed by atoms with Gasteiger partial charge in [0.1, 0.15) is 11.3 Å². The van der Waals surface area contributed by atoms with E-state index in [1.165, 1.54) is 18.6 Å². The summed E-state index contributed by atoms with van der Waals surface area (Å²) in [6, 6.07) is 11.1. The third kappa shape index (κ3) is 2.78. The predicted molar refractivity (Wildman–Crippen MR) is 91.5 cm³/mol. The largest absolute Gasteiger partial charge is 0.334 e.